The van der Waals surface area contributed by atoms with Crippen LogP contribution >= 0.6 is 0 Å². The third-order valence-corrected chi connectivity index (χ3v) is 20.5. The average molecular weight is 1690 g/mol. The van der Waals surface area contributed by atoms with E-state index in [9.17, 15) is 73.2 Å². The van der Waals surface area contributed by atoms with Gasteiger partial charge in [-0.25, -0.2) is 4.79 Å². The number of aliphatic hydroxyl groups excluding tert-OH is 1. The van der Waals surface area contributed by atoms with Crippen LogP contribution in [0.2, 0.25) is 0 Å². The van der Waals surface area contributed by atoms with Crippen molar-refractivity contribution in [2.45, 2.75) is 204 Å². The zero-order valence-electron chi connectivity index (χ0n) is 68.8. The third kappa shape index (κ3) is 29.6. The number of aliphatic carboxylic acids is 1. The van der Waals surface area contributed by atoms with Crippen LogP contribution in [0.15, 0.2) is 140 Å². The Hall–Kier alpha value is -13.3. The number of carboxylic acids is 1. The number of amides is 14. The zero-order chi connectivity index (χ0) is 89.4. The van der Waals surface area contributed by atoms with Crippen LogP contribution in [0.3, 0.4) is 0 Å². The molecule has 0 saturated carbocycles. The van der Waals surface area contributed by atoms with E-state index in [2.05, 4.69) is 68.5 Å². The van der Waals surface area contributed by atoms with Crippen molar-refractivity contribution < 1.29 is 92.3 Å². The highest BCUT2D eigenvalue weighted by molar-refractivity contribution is 6.01. The summed E-state index contributed by atoms with van der Waals surface area (Å²) >= 11 is 0. The Morgan fingerprint density at radius 3 is 1.21 bits per heavy atom. The first-order valence-electron chi connectivity index (χ1n) is 40.2. The molecule has 0 aliphatic carbocycles. The number of para-hydroxylation sites is 2. The van der Waals surface area contributed by atoms with Crippen LogP contribution in [0.25, 0.3) is 21.8 Å². The molecule has 37 nitrogen and oxygen atoms in total. The Morgan fingerprint density at radius 1 is 0.393 bits per heavy atom. The van der Waals surface area contributed by atoms with Crippen LogP contribution in [-0.2, 0) is 104 Å². The number of H-pyrrole nitrogens is 2. The van der Waals surface area contributed by atoms with Crippen LogP contribution in [-0.4, -0.2) is 211 Å². The standard InChI is InChI=1S/C85H112N18O19/c1-7-46(4)72(103-83(119)67(40-53-43-91-60-22-14-12-20-57(53)60)101-80(116)64(36-49-17-9-8-10-18-49)99-79(115)63(37-50-24-28-54(105)29-25-50)97-75(111)58(87)32-33-70(88)107)84(120)93-48(6)74(110)95-66(39-52-42-90-59-21-13-11-19-56(52)59)81(117)100-65(38-51-26-30-55(106)31-27-51)78(114)94-61(23-15-16-34-86)76(112)98-62(35-45(2)3)77(113)92-47(5)73(109)96-68(41-71(89)108)82(118)102-69(44-104)85(121)122/h8-14,17-22,24-31,42-43,45-48,58,61-69,72,90-91,104-106H,7,15-16,23,32-41,44,86-87H2,1-6H3,(H2,88,107)(H2,89,108)(H,92,113)(H,93,120)(H,94,114)(H,95,110)(H,96,109)(H,97,111)(H,98,112)(H,99,115)(H,100,117)(H,101,116)(H,102,118)(H,103,119)(H,121,122)/t46-,47-,48-,58-,61-,62-,63-,64-,65-,66-,67-,68-,69-,72-/m0/s1. The normalized spacial score (nSPS) is 14.7. The lowest BCUT2D eigenvalue weighted by Crippen LogP contribution is -2.62. The Balaban J connectivity index is 1.14. The van der Waals surface area contributed by atoms with Crippen molar-refractivity contribution in [1.82, 2.24) is 73.8 Å². The molecule has 656 valence electrons. The largest absolute Gasteiger partial charge is 0.508 e. The van der Waals surface area contributed by atoms with E-state index in [-0.39, 0.29) is 94.6 Å². The molecule has 0 bridgehead atoms. The summed E-state index contributed by atoms with van der Waals surface area (Å²) in [6, 6.07) is 14.7. The van der Waals surface area contributed by atoms with Gasteiger partial charge in [-0.3, -0.25) is 67.1 Å². The van der Waals surface area contributed by atoms with Gasteiger partial charge in [0, 0.05) is 72.7 Å². The lowest BCUT2D eigenvalue weighted by molar-refractivity contribution is -0.143. The van der Waals surface area contributed by atoms with Crippen molar-refractivity contribution >= 4 is 110 Å². The van der Waals surface area contributed by atoms with Crippen molar-refractivity contribution in [3.63, 3.8) is 0 Å². The molecule has 0 fully saturated rings. The first-order valence-corrected chi connectivity index (χ1v) is 40.2. The number of hydrogen-bond acceptors (Lipinski definition) is 20. The number of phenolic OH excluding ortho intramolecular Hbond substituents is 2. The van der Waals surface area contributed by atoms with E-state index in [1.165, 1.54) is 62.4 Å². The van der Waals surface area contributed by atoms with Gasteiger partial charge in [0.15, 0.2) is 0 Å². The second-order valence-corrected chi connectivity index (χ2v) is 30.7. The van der Waals surface area contributed by atoms with Gasteiger partial charge in [-0.15, -0.1) is 0 Å². The summed E-state index contributed by atoms with van der Waals surface area (Å²) in [4.78, 5) is 216. The molecule has 26 N–H and O–H groups in total. The van der Waals surface area contributed by atoms with Crippen LogP contribution < -0.4 is 86.7 Å². The Morgan fingerprint density at radius 2 is 0.770 bits per heavy atom. The van der Waals surface area contributed by atoms with Gasteiger partial charge in [-0.2, -0.15) is 0 Å². The predicted molar refractivity (Wildman–Crippen MR) is 449 cm³/mol. The number of unbranched alkanes of at least 4 members (excludes halogenated alkanes) is 1. The number of primary amides is 2. The van der Waals surface area contributed by atoms with E-state index in [4.69, 9.17) is 22.9 Å². The summed E-state index contributed by atoms with van der Waals surface area (Å²) in [6.07, 6.45) is 1.79. The van der Waals surface area contributed by atoms with Crippen molar-refractivity contribution in [3.8, 4) is 11.5 Å². The first kappa shape index (κ1) is 95.8. The number of aromatic nitrogens is 2. The number of phenols is 2. The highest BCUT2D eigenvalue weighted by atomic mass is 16.4. The summed E-state index contributed by atoms with van der Waals surface area (Å²) in [5.41, 5.74) is 26.6. The fourth-order valence-corrected chi connectivity index (χ4v) is 13.4. The minimum atomic E-state index is -1.81. The van der Waals surface area contributed by atoms with E-state index >= 15 is 19.2 Å². The van der Waals surface area contributed by atoms with Gasteiger partial charge in [0.2, 0.25) is 82.7 Å². The molecule has 122 heavy (non-hydrogen) atoms. The molecular formula is C85H112N18O19. The predicted octanol–water partition coefficient (Wildman–Crippen LogP) is -0.803. The molecular weight excluding hydrogens is 1580 g/mol. The van der Waals surface area contributed by atoms with Gasteiger partial charge in [0.05, 0.1) is 19.1 Å². The number of nitrogens with one attached hydrogen (secondary N) is 14. The van der Waals surface area contributed by atoms with Crippen LogP contribution in [0, 0.1) is 11.8 Å². The lowest BCUT2D eigenvalue weighted by atomic mass is 9.96. The number of carboxylic acid groups (broad SMARTS) is 1. The number of aromatic hydroxyl groups is 2. The number of carbonyl (C=O) groups is 15. The zero-order valence-corrected chi connectivity index (χ0v) is 68.8. The number of hydrogen-bond donors (Lipinski definition) is 22. The molecule has 7 rings (SSSR count). The maximum Gasteiger partial charge on any atom is 0.328 e. The molecule has 0 saturated heterocycles. The summed E-state index contributed by atoms with van der Waals surface area (Å²) < 4.78 is 0. The Labute approximate surface area is 704 Å². The summed E-state index contributed by atoms with van der Waals surface area (Å²) in [5, 5.41) is 72.0. The monoisotopic (exact) mass is 1690 g/mol. The van der Waals surface area contributed by atoms with Gasteiger partial charge < -0.3 is 117 Å². The van der Waals surface area contributed by atoms with E-state index in [0.29, 0.717) is 56.0 Å². The number of nitrogens with two attached hydrogens (primary N) is 4. The van der Waals surface area contributed by atoms with Gasteiger partial charge >= 0.3 is 5.97 Å². The van der Waals surface area contributed by atoms with E-state index in [1.54, 1.807) is 119 Å². The summed E-state index contributed by atoms with van der Waals surface area (Å²) in [5.74, 6) is -15.7. The average Bonchev–Trinajstić information content (AvgIpc) is 1.65. The molecule has 7 aromatic rings. The summed E-state index contributed by atoms with van der Waals surface area (Å²) in [6.45, 7) is 8.58. The Bertz CT molecular complexity index is 4790. The van der Waals surface area contributed by atoms with Crippen molar-refractivity contribution in [3.05, 3.63) is 168 Å². The number of aliphatic hydroxyl groups is 1. The quantitative estimate of drug-likeness (QED) is 0.0208. The molecule has 2 heterocycles. The topological polar surface area (TPSA) is 617 Å². The molecule has 14 atom stereocenters. The van der Waals surface area contributed by atoms with E-state index in [0.717, 1.165) is 0 Å². The van der Waals surface area contributed by atoms with E-state index in [1.807, 2.05) is 5.32 Å². The minimum absolute atomic E-state index is 0.0440. The highest BCUT2D eigenvalue weighted by Gasteiger charge is 2.39. The molecule has 14 amide bonds. The second kappa shape index (κ2) is 46.9. The number of fused-ring (bicyclic) bond motifs is 2. The highest BCUT2D eigenvalue weighted by Crippen LogP contribution is 2.24. The smallest absolute Gasteiger partial charge is 0.328 e. The number of benzene rings is 5. The molecule has 0 aliphatic heterocycles. The molecule has 37 heteroatoms. The van der Waals surface area contributed by atoms with Crippen LogP contribution in [0.1, 0.15) is 121 Å². The first-order chi connectivity index (χ1) is 58.0. The fraction of sp³-hybridized carbons (Fsp3) is 0.424. The molecule has 0 aliphatic rings. The number of rotatable bonds is 49. The number of aromatic amines is 2. The van der Waals surface area contributed by atoms with Crippen molar-refractivity contribution in [2.75, 3.05) is 13.2 Å². The minimum Gasteiger partial charge on any atom is -0.508 e. The SMILES string of the molecule is CC[C@H](C)[C@H](NC(=O)[C@H](Cc1c[nH]c2ccccc12)NC(=O)[C@H](Cc1ccccc1)NC(=O)[C@H](Cc1ccc(O)cc1)NC(=O)[C@@H](N)CCC(N)=O)C(=O)N[C@@H](C)C(=O)N[C@@H](Cc1c[nH]c2ccccc12)C(=O)N[C@@H](Cc1ccc(O)cc1)C(=O)N[C@@H](CCCCN)C(=O)N[C@@H](CC(C)C)C(=O)N[C@@H](C)C(=O)N[C@@H](CC(N)=O)C(=O)N[C@@H](CO)C(=O)O. The van der Waals surface area contributed by atoms with Crippen LogP contribution in [0.5, 0.6) is 11.5 Å². The molecule has 0 spiro atoms. The van der Waals surface area contributed by atoms with Gasteiger partial charge in [0.25, 0.3) is 0 Å². The van der Waals surface area contributed by atoms with Crippen molar-refractivity contribution in [1.29, 1.82) is 0 Å². The van der Waals surface area contributed by atoms with Crippen LogP contribution in [0.4, 0.5) is 0 Å². The fourth-order valence-electron chi connectivity index (χ4n) is 13.4. The van der Waals surface area contributed by atoms with Gasteiger partial charge in [-0.05, 0) is 129 Å². The van der Waals surface area contributed by atoms with Gasteiger partial charge in [0.1, 0.15) is 84.0 Å². The van der Waals surface area contributed by atoms with E-state index < -0.39 is 186 Å². The van der Waals surface area contributed by atoms with Crippen molar-refractivity contribution in [2.24, 2.45) is 34.8 Å². The second-order valence-electron chi connectivity index (χ2n) is 30.7. The molecule has 0 radical (unpaired) electrons. The summed E-state index contributed by atoms with van der Waals surface area (Å²) in [7, 11) is 0. The molecule has 2 aromatic heterocycles. The third-order valence-electron chi connectivity index (χ3n) is 20.5. The molecule has 0 unspecified atom stereocenters. The lowest BCUT2D eigenvalue weighted by Gasteiger charge is -2.29. The maximum absolute atomic E-state index is 15.3. The molecule has 5 aromatic carbocycles. The number of carbonyl (C=O) groups excluding carboxylic acids is 14. The maximum atomic E-state index is 15.3. The Kier molecular flexibility index (Phi) is 36.8. The van der Waals surface area contributed by atoms with Gasteiger partial charge in [-0.1, -0.05) is 125 Å².